The van der Waals surface area contributed by atoms with E-state index in [4.69, 9.17) is 25.5 Å². The number of furan rings is 1. The fraction of sp³-hybridized carbons (Fsp3) is 0.100. The van der Waals surface area contributed by atoms with Gasteiger partial charge in [0.15, 0.2) is 5.76 Å². The van der Waals surface area contributed by atoms with E-state index < -0.39 is 5.97 Å². The number of anilines is 1. The van der Waals surface area contributed by atoms with Gasteiger partial charge in [-0.15, -0.1) is 0 Å². The molecule has 3 aromatic rings. The minimum atomic E-state index is -0.485. The van der Waals surface area contributed by atoms with Crippen molar-refractivity contribution in [1.29, 1.82) is 0 Å². The zero-order chi connectivity index (χ0) is 19.1. The van der Waals surface area contributed by atoms with E-state index in [9.17, 15) is 9.59 Å². The second-order valence-electron chi connectivity index (χ2n) is 5.42. The van der Waals surface area contributed by atoms with Gasteiger partial charge in [0.05, 0.1) is 16.8 Å². The second kappa shape index (κ2) is 8.91. The molecule has 3 rings (SSSR count). The summed E-state index contributed by atoms with van der Waals surface area (Å²) >= 11 is 5.98. The first kappa shape index (κ1) is 18.5. The van der Waals surface area contributed by atoms with Crippen molar-refractivity contribution in [3.8, 4) is 5.75 Å². The van der Waals surface area contributed by atoms with Crippen LogP contribution in [-0.4, -0.2) is 25.1 Å². The summed E-state index contributed by atoms with van der Waals surface area (Å²) in [4.78, 5) is 23.9. The van der Waals surface area contributed by atoms with E-state index in [-0.39, 0.29) is 24.9 Å². The Morgan fingerprint density at radius 2 is 1.74 bits per heavy atom. The molecule has 1 amide bonds. The van der Waals surface area contributed by atoms with Gasteiger partial charge in [-0.05, 0) is 48.5 Å². The summed E-state index contributed by atoms with van der Waals surface area (Å²) in [7, 11) is 0. The summed E-state index contributed by atoms with van der Waals surface area (Å²) in [6.07, 6.45) is 1.42. The topological polar surface area (TPSA) is 77.8 Å². The predicted molar refractivity (Wildman–Crippen MR) is 100 cm³/mol. The third-order valence-electron chi connectivity index (χ3n) is 3.53. The summed E-state index contributed by atoms with van der Waals surface area (Å²) in [6.45, 7) is 0.272. The molecule has 138 valence electrons. The lowest BCUT2D eigenvalue weighted by Gasteiger charge is -2.09. The lowest BCUT2D eigenvalue weighted by atomic mass is 10.2. The van der Waals surface area contributed by atoms with E-state index >= 15 is 0 Å². The first-order chi connectivity index (χ1) is 13.1. The lowest BCUT2D eigenvalue weighted by molar-refractivity contribution is 0.0450. The fourth-order valence-electron chi connectivity index (χ4n) is 2.22. The molecule has 6 nitrogen and oxygen atoms in total. The Morgan fingerprint density at radius 3 is 2.44 bits per heavy atom. The number of hydrogen-bond acceptors (Lipinski definition) is 5. The van der Waals surface area contributed by atoms with E-state index in [1.165, 1.54) is 6.26 Å². The van der Waals surface area contributed by atoms with Crippen LogP contribution in [0.5, 0.6) is 5.75 Å². The van der Waals surface area contributed by atoms with Crippen molar-refractivity contribution >= 4 is 29.2 Å². The lowest BCUT2D eigenvalue weighted by Crippen LogP contribution is -2.13. The van der Waals surface area contributed by atoms with Crippen LogP contribution in [0.4, 0.5) is 5.69 Å². The molecular formula is C20H16ClNO5. The van der Waals surface area contributed by atoms with Crippen LogP contribution in [0, 0.1) is 0 Å². The van der Waals surface area contributed by atoms with Crippen LogP contribution in [0.25, 0.3) is 0 Å². The van der Waals surface area contributed by atoms with Crippen molar-refractivity contribution in [2.24, 2.45) is 0 Å². The number of amides is 1. The number of benzene rings is 2. The highest BCUT2D eigenvalue weighted by Crippen LogP contribution is 2.22. The maximum Gasteiger partial charge on any atom is 0.338 e. The molecule has 0 aliphatic rings. The summed E-state index contributed by atoms with van der Waals surface area (Å²) < 4.78 is 15.6. The molecule has 0 radical (unpaired) electrons. The summed E-state index contributed by atoms with van der Waals surface area (Å²) in [5.41, 5.74) is 0.902. The molecule has 0 bridgehead atoms. The Hall–Kier alpha value is -3.25. The molecule has 27 heavy (non-hydrogen) atoms. The first-order valence-electron chi connectivity index (χ1n) is 8.13. The van der Waals surface area contributed by atoms with Gasteiger partial charge >= 0.3 is 5.97 Å². The number of nitrogens with one attached hydrogen (secondary N) is 1. The van der Waals surface area contributed by atoms with Crippen LogP contribution < -0.4 is 10.1 Å². The monoisotopic (exact) mass is 385 g/mol. The highest BCUT2D eigenvalue weighted by atomic mass is 35.5. The Morgan fingerprint density at radius 1 is 0.963 bits per heavy atom. The van der Waals surface area contributed by atoms with Crippen LogP contribution in [0.1, 0.15) is 20.9 Å². The Kier molecular flexibility index (Phi) is 6.12. The molecule has 0 atom stereocenters. The average molecular weight is 386 g/mol. The third-order valence-corrected chi connectivity index (χ3v) is 3.85. The van der Waals surface area contributed by atoms with E-state index in [2.05, 4.69) is 5.32 Å². The molecule has 0 unspecified atom stereocenters. The highest BCUT2D eigenvalue weighted by molar-refractivity contribution is 6.32. The molecule has 1 heterocycles. The summed E-state index contributed by atoms with van der Waals surface area (Å²) in [6, 6.07) is 16.6. The first-order valence-corrected chi connectivity index (χ1v) is 8.50. The minimum Gasteiger partial charge on any atom is -0.488 e. The van der Waals surface area contributed by atoms with E-state index in [1.54, 1.807) is 60.7 Å². The molecule has 0 saturated carbocycles. The molecule has 7 heteroatoms. The number of ether oxygens (including phenoxy) is 2. The van der Waals surface area contributed by atoms with E-state index in [0.29, 0.717) is 22.0 Å². The molecule has 0 aliphatic heterocycles. The zero-order valence-corrected chi connectivity index (χ0v) is 14.9. The number of rotatable bonds is 7. The van der Waals surface area contributed by atoms with Crippen molar-refractivity contribution in [3.05, 3.63) is 83.3 Å². The zero-order valence-electron chi connectivity index (χ0n) is 14.2. The van der Waals surface area contributed by atoms with Gasteiger partial charge in [-0.3, -0.25) is 4.79 Å². The smallest absolute Gasteiger partial charge is 0.338 e. The maximum atomic E-state index is 12.0. The Bertz CT molecular complexity index is 906. The number of carbonyl (C=O) groups excluding carboxylic acids is 2. The third kappa shape index (κ3) is 5.12. The van der Waals surface area contributed by atoms with Gasteiger partial charge in [0.25, 0.3) is 5.91 Å². The number of halogens is 1. The Balaban J connectivity index is 1.46. The van der Waals surface area contributed by atoms with Crippen LogP contribution >= 0.6 is 11.6 Å². The van der Waals surface area contributed by atoms with Gasteiger partial charge in [0, 0.05) is 5.69 Å². The molecule has 1 N–H and O–H groups in total. The molecule has 1 aromatic heterocycles. The number of carbonyl (C=O) groups is 2. The van der Waals surface area contributed by atoms with Gasteiger partial charge in [-0.25, -0.2) is 4.79 Å². The molecule has 0 aliphatic carbocycles. The average Bonchev–Trinajstić information content (AvgIpc) is 3.22. The van der Waals surface area contributed by atoms with E-state index in [0.717, 1.165) is 0 Å². The van der Waals surface area contributed by atoms with Crippen molar-refractivity contribution in [2.45, 2.75) is 0 Å². The predicted octanol–water partition coefficient (Wildman–Crippen LogP) is 4.42. The standard InChI is InChI=1S/C20H16ClNO5/c21-16-4-1-2-5-17(16)26-12-13-27-20(24)14-7-9-15(10-8-14)22-19(23)18-6-3-11-25-18/h1-11H,12-13H2,(H,22,23). The molecule has 2 aromatic carbocycles. The van der Waals surface area contributed by atoms with Crippen molar-refractivity contribution in [2.75, 3.05) is 18.5 Å². The van der Waals surface area contributed by atoms with Gasteiger partial charge in [0.2, 0.25) is 0 Å². The van der Waals surface area contributed by atoms with Crippen LogP contribution in [-0.2, 0) is 4.74 Å². The molecule has 0 saturated heterocycles. The van der Waals surface area contributed by atoms with Crippen LogP contribution in [0.15, 0.2) is 71.3 Å². The van der Waals surface area contributed by atoms with Gasteiger partial charge in [-0.1, -0.05) is 23.7 Å². The highest BCUT2D eigenvalue weighted by Gasteiger charge is 2.11. The van der Waals surface area contributed by atoms with E-state index in [1.807, 2.05) is 0 Å². The quantitative estimate of drug-likeness (QED) is 0.481. The van der Waals surface area contributed by atoms with Crippen LogP contribution in [0.2, 0.25) is 5.02 Å². The maximum absolute atomic E-state index is 12.0. The number of hydrogen-bond donors (Lipinski definition) is 1. The van der Waals surface area contributed by atoms with Crippen LogP contribution in [0.3, 0.4) is 0 Å². The fourth-order valence-corrected chi connectivity index (χ4v) is 2.41. The molecular weight excluding hydrogens is 370 g/mol. The molecule has 0 fully saturated rings. The van der Waals surface area contributed by atoms with Gasteiger partial charge < -0.3 is 19.2 Å². The SMILES string of the molecule is O=C(OCCOc1ccccc1Cl)c1ccc(NC(=O)c2ccco2)cc1. The minimum absolute atomic E-state index is 0.0844. The largest absolute Gasteiger partial charge is 0.488 e. The molecule has 0 spiro atoms. The number of esters is 1. The Labute approximate surface area is 160 Å². The van der Waals surface area contributed by atoms with Gasteiger partial charge in [0.1, 0.15) is 19.0 Å². The summed E-state index contributed by atoms with van der Waals surface area (Å²) in [5.74, 6) is -0.113. The second-order valence-corrected chi connectivity index (χ2v) is 5.83. The normalized spacial score (nSPS) is 10.3. The van der Waals surface area contributed by atoms with Crippen molar-refractivity contribution in [3.63, 3.8) is 0 Å². The van der Waals surface area contributed by atoms with Crippen molar-refractivity contribution in [1.82, 2.24) is 0 Å². The van der Waals surface area contributed by atoms with Gasteiger partial charge in [-0.2, -0.15) is 0 Å². The summed E-state index contributed by atoms with van der Waals surface area (Å²) in [5, 5.41) is 3.17. The van der Waals surface area contributed by atoms with Crippen molar-refractivity contribution < 1.29 is 23.5 Å². The number of para-hydroxylation sites is 1.